The van der Waals surface area contributed by atoms with Gasteiger partial charge in [0.15, 0.2) is 0 Å². The average Bonchev–Trinajstić information content (AvgIpc) is 3.11. The van der Waals surface area contributed by atoms with Gasteiger partial charge in [-0.1, -0.05) is 78.9 Å². The number of carbonyl (C=O) groups is 2. The zero-order valence-corrected chi connectivity index (χ0v) is 16.3. The lowest BCUT2D eigenvalue weighted by atomic mass is 9.93. The number of carbonyl (C=O) groups excluding carboxylic acids is 2. The van der Waals surface area contributed by atoms with Crippen molar-refractivity contribution in [3.63, 3.8) is 0 Å². The van der Waals surface area contributed by atoms with Crippen molar-refractivity contribution in [2.45, 2.75) is 24.5 Å². The van der Waals surface area contributed by atoms with E-state index in [0.717, 1.165) is 22.3 Å². The molecule has 2 unspecified atom stereocenters. The van der Waals surface area contributed by atoms with Gasteiger partial charge in [0, 0.05) is 12.3 Å². The first-order valence-corrected chi connectivity index (χ1v) is 9.81. The molecular weight excluding hydrogens is 378 g/mol. The van der Waals surface area contributed by atoms with Crippen LogP contribution in [0.1, 0.15) is 35.1 Å². The number of hydrogen-bond donors (Lipinski definition) is 4. The lowest BCUT2D eigenvalue weighted by Crippen LogP contribution is -2.52. The van der Waals surface area contributed by atoms with E-state index in [0.29, 0.717) is 5.56 Å². The Balaban J connectivity index is 1.56. The smallest absolute Gasteiger partial charge is 0.259 e. The Labute approximate surface area is 174 Å². The van der Waals surface area contributed by atoms with Crippen molar-refractivity contribution in [1.29, 1.82) is 0 Å². The highest BCUT2D eigenvalue weighted by Crippen LogP contribution is 2.46. The largest absolute Gasteiger partial charge is 0.386 e. The molecule has 0 fully saturated rings. The van der Waals surface area contributed by atoms with Crippen molar-refractivity contribution < 1.29 is 14.7 Å². The molecule has 152 valence electrons. The van der Waals surface area contributed by atoms with Crippen LogP contribution in [0.4, 0.5) is 0 Å². The summed E-state index contributed by atoms with van der Waals surface area (Å²) < 4.78 is 0. The highest BCUT2D eigenvalue weighted by Gasteiger charge is 2.33. The van der Waals surface area contributed by atoms with Gasteiger partial charge in [-0.15, -0.1) is 0 Å². The predicted molar refractivity (Wildman–Crippen MR) is 114 cm³/mol. The van der Waals surface area contributed by atoms with Gasteiger partial charge in [0.1, 0.15) is 12.1 Å². The number of nitrogens with two attached hydrogens (primary N) is 1. The second kappa shape index (κ2) is 8.49. The first kappa shape index (κ1) is 19.8. The number of fused-ring (bicyclic) bond motifs is 3. The molecule has 0 bridgehead atoms. The maximum absolute atomic E-state index is 12.9. The van der Waals surface area contributed by atoms with Crippen LogP contribution < -0.4 is 16.6 Å². The molecule has 0 aromatic heterocycles. The van der Waals surface area contributed by atoms with Crippen molar-refractivity contribution in [3.8, 4) is 11.1 Å². The number of nitrogens with one attached hydrogen (secondary N) is 2. The van der Waals surface area contributed by atoms with Crippen molar-refractivity contribution in [2.75, 3.05) is 0 Å². The lowest BCUT2D eigenvalue weighted by molar-refractivity contribution is -0.132. The van der Waals surface area contributed by atoms with Crippen LogP contribution in [0.15, 0.2) is 78.9 Å². The molecule has 2 atom stereocenters. The van der Waals surface area contributed by atoms with Crippen molar-refractivity contribution in [3.05, 3.63) is 95.6 Å². The summed E-state index contributed by atoms with van der Waals surface area (Å²) in [5, 5.41) is 13.3. The summed E-state index contributed by atoms with van der Waals surface area (Å²) in [6, 6.07) is 23.5. The summed E-state index contributed by atoms with van der Waals surface area (Å²) >= 11 is 0. The maximum Gasteiger partial charge on any atom is 0.259 e. The monoisotopic (exact) mass is 401 g/mol. The van der Waals surface area contributed by atoms with Gasteiger partial charge >= 0.3 is 0 Å². The molecule has 3 aromatic carbocycles. The lowest BCUT2D eigenvalue weighted by Gasteiger charge is -2.24. The predicted octanol–water partition coefficient (Wildman–Crippen LogP) is 2.40. The number of amides is 2. The van der Waals surface area contributed by atoms with Crippen LogP contribution in [0.5, 0.6) is 0 Å². The standard InChI is InChI=1S/C24H23N3O3/c25-27-24(30)22(23(29)15-8-2-1-3-9-15)26-21(28)14-20-18-12-6-4-10-16(18)17-11-5-7-13-19(17)20/h1-13,20,22-23,29H,14,25H2,(H,26,28)(H,27,30). The molecule has 6 heteroatoms. The fourth-order valence-corrected chi connectivity index (χ4v) is 4.12. The number of aliphatic hydroxyl groups is 1. The minimum Gasteiger partial charge on any atom is -0.386 e. The van der Waals surface area contributed by atoms with Gasteiger partial charge in [-0.2, -0.15) is 0 Å². The fourth-order valence-electron chi connectivity index (χ4n) is 4.12. The summed E-state index contributed by atoms with van der Waals surface area (Å²) in [5.74, 6) is 4.18. The molecule has 0 heterocycles. The molecule has 0 saturated carbocycles. The molecule has 4 rings (SSSR count). The Kier molecular flexibility index (Phi) is 5.61. The normalized spacial score (nSPS) is 14.3. The molecule has 1 aliphatic carbocycles. The highest BCUT2D eigenvalue weighted by molar-refractivity contribution is 5.89. The van der Waals surface area contributed by atoms with Crippen LogP contribution in [0.3, 0.4) is 0 Å². The topological polar surface area (TPSA) is 104 Å². The van der Waals surface area contributed by atoms with E-state index >= 15 is 0 Å². The number of hydrazine groups is 1. The van der Waals surface area contributed by atoms with E-state index in [9.17, 15) is 14.7 Å². The summed E-state index contributed by atoms with van der Waals surface area (Å²) in [7, 11) is 0. The number of hydrogen-bond acceptors (Lipinski definition) is 4. The molecule has 0 saturated heterocycles. The Bertz CT molecular complexity index is 1020. The summed E-state index contributed by atoms with van der Waals surface area (Å²) in [5.41, 5.74) is 6.94. The Morgan fingerprint density at radius 3 is 1.97 bits per heavy atom. The molecule has 0 radical (unpaired) electrons. The van der Waals surface area contributed by atoms with Gasteiger partial charge in [0.25, 0.3) is 5.91 Å². The van der Waals surface area contributed by atoms with Crippen LogP contribution in [-0.4, -0.2) is 23.0 Å². The van der Waals surface area contributed by atoms with E-state index in [-0.39, 0.29) is 18.2 Å². The Morgan fingerprint density at radius 2 is 1.40 bits per heavy atom. The molecule has 5 N–H and O–H groups in total. The minimum absolute atomic E-state index is 0.118. The third kappa shape index (κ3) is 3.70. The van der Waals surface area contributed by atoms with Crippen molar-refractivity contribution in [1.82, 2.24) is 10.7 Å². The third-order valence-corrected chi connectivity index (χ3v) is 5.55. The minimum atomic E-state index is -1.22. The average molecular weight is 401 g/mol. The molecular formula is C24H23N3O3. The van der Waals surface area contributed by atoms with Gasteiger partial charge in [0.2, 0.25) is 5.91 Å². The van der Waals surface area contributed by atoms with E-state index in [1.165, 1.54) is 0 Å². The van der Waals surface area contributed by atoms with Crippen molar-refractivity contribution in [2.24, 2.45) is 5.84 Å². The van der Waals surface area contributed by atoms with Gasteiger partial charge < -0.3 is 10.4 Å². The molecule has 3 aromatic rings. The van der Waals surface area contributed by atoms with Crippen LogP contribution in [0, 0.1) is 0 Å². The zero-order chi connectivity index (χ0) is 21.1. The van der Waals surface area contributed by atoms with E-state index in [1.807, 2.05) is 47.9 Å². The Morgan fingerprint density at radius 1 is 0.867 bits per heavy atom. The summed E-state index contributed by atoms with van der Waals surface area (Å²) in [4.78, 5) is 25.2. The van der Waals surface area contributed by atoms with Crippen LogP contribution in [0.2, 0.25) is 0 Å². The van der Waals surface area contributed by atoms with Gasteiger partial charge in [0.05, 0.1) is 0 Å². The quantitative estimate of drug-likeness (QED) is 0.289. The molecule has 0 spiro atoms. The fraction of sp³-hybridized carbons (Fsp3) is 0.167. The van der Waals surface area contributed by atoms with Crippen LogP contribution in [-0.2, 0) is 9.59 Å². The molecule has 0 aliphatic heterocycles. The SMILES string of the molecule is NNC(=O)C(NC(=O)CC1c2ccccc2-c2ccccc21)C(O)c1ccccc1. The van der Waals surface area contributed by atoms with Crippen molar-refractivity contribution >= 4 is 11.8 Å². The van der Waals surface area contributed by atoms with E-state index in [2.05, 4.69) is 17.4 Å². The van der Waals surface area contributed by atoms with E-state index in [1.54, 1.807) is 24.3 Å². The molecule has 1 aliphatic rings. The summed E-state index contributed by atoms with van der Waals surface area (Å²) in [6.07, 6.45) is -1.06. The van der Waals surface area contributed by atoms with E-state index < -0.39 is 18.1 Å². The third-order valence-electron chi connectivity index (χ3n) is 5.55. The van der Waals surface area contributed by atoms with Gasteiger partial charge in [-0.05, 0) is 27.8 Å². The van der Waals surface area contributed by atoms with E-state index in [4.69, 9.17) is 5.84 Å². The Hall–Kier alpha value is -3.48. The molecule has 2 amide bonds. The second-order valence-electron chi connectivity index (χ2n) is 7.34. The maximum atomic E-state index is 12.9. The van der Waals surface area contributed by atoms with Crippen LogP contribution >= 0.6 is 0 Å². The number of rotatable bonds is 6. The van der Waals surface area contributed by atoms with Gasteiger partial charge in [-0.25, -0.2) is 5.84 Å². The first-order chi connectivity index (χ1) is 14.6. The zero-order valence-electron chi connectivity index (χ0n) is 16.3. The second-order valence-corrected chi connectivity index (χ2v) is 7.34. The number of benzene rings is 3. The first-order valence-electron chi connectivity index (χ1n) is 9.81. The molecule has 30 heavy (non-hydrogen) atoms. The van der Waals surface area contributed by atoms with Crippen LogP contribution in [0.25, 0.3) is 11.1 Å². The number of aliphatic hydroxyl groups excluding tert-OH is 1. The van der Waals surface area contributed by atoms with Gasteiger partial charge in [-0.3, -0.25) is 15.0 Å². The molecule has 6 nitrogen and oxygen atoms in total. The summed E-state index contributed by atoms with van der Waals surface area (Å²) in [6.45, 7) is 0. The highest BCUT2D eigenvalue weighted by atomic mass is 16.3.